The molecule has 0 amide bonds. The van der Waals surface area contributed by atoms with E-state index in [4.69, 9.17) is 11.6 Å². The molecule has 1 aromatic rings. The van der Waals surface area contributed by atoms with Gasteiger partial charge in [-0.15, -0.1) is 0 Å². The first-order chi connectivity index (χ1) is 8.80. The molecule has 0 saturated heterocycles. The van der Waals surface area contributed by atoms with Crippen LogP contribution in [-0.4, -0.2) is 32.4 Å². The van der Waals surface area contributed by atoms with Crippen molar-refractivity contribution in [1.29, 1.82) is 0 Å². The maximum Gasteiger partial charge on any atom is 0.244 e. The molecule has 1 aromatic carbocycles. The number of benzene rings is 1. The van der Waals surface area contributed by atoms with Crippen LogP contribution in [-0.2, 0) is 16.6 Å². The zero-order valence-electron chi connectivity index (χ0n) is 11.8. The second-order valence-electron chi connectivity index (χ2n) is 4.66. The van der Waals surface area contributed by atoms with Crippen LogP contribution in [0.5, 0.6) is 0 Å². The van der Waals surface area contributed by atoms with E-state index in [1.54, 1.807) is 19.2 Å². The second-order valence-corrected chi connectivity index (χ2v) is 7.03. The molecule has 0 aromatic heterocycles. The summed E-state index contributed by atoms with van der Waals surface area (Å²) < 4.78 is 26.2. The summed E-state index contributed by atoms with van der Waals surface area (Å²) in [6.45, 7) is 7.11. The van der Waals surface area contributed by atoms with Crippen LogP contribution in [0.3, 0.4) is 0 Å². The third kappa shape index (κ3) is 3.92. The van der Waals surface area contributed by atoms with Gasteiger partial charge in [0.15, 0.2) is 0 Å². The lowest BCUT2D eigenvalue weighted by Crippen LogP contribution is -2.33. The highest BCUT2D eigenvalue weighted by Crippen LogP contribution is 2.26. The standard InChI is InChI=1S/C13H21ClN2O2S/c1-5-15-9-11-6-7-12(14)13(8-11)19(17,18)16(4)10(2)3/h6-8,10,15H,5,9H2,1-4H3. The summed E-state index contributed by atoms with van der Waals surface area (Å²) in [5, 5.41) is 3.42. The van der Waals surface area contributed by atoms with Crippen LogP contribution in [0.15, 0.2) is 23.1 Å². The van der Waals surface area contributed by atoms with Crippen LogP contribution in [0.1, 0.15) is 26.3 Å². The molecule has 6 heteroatoms. The molecule has 0 fully saturated rings. The van der Waals surface area contributed by atoms with Crippen molar-refractivity contribution in [3.8, 4) is 0 Å². The number of hydrogen-bond donors (Lipinski definition) is 1. The van der Waals surface area contributed by atoms with Crippen molar-refractivity contribution in [1.82, 2.24) is 9.62 Å². The number of hydrogen-bond acceptors (Lipinski definition) is 3. The van der Waals surface area contributed by atoms with Gasteiger partial charge in [-0.3, -0.25) is 0 Å². The third-order valence-electron chi connectivity index (χ3n) is 2.96. The first-order valence-corrected chi connectivity index (χ1v) is 8.09. The van der Waals surface area contributed by atoms with E-state index in [1.807, 2.05) is 26.8 Å². The second kappa shape index (κ2) is 6.70. The van der Waals surface area contributed by atoms with Crippen LogP contribution in [0.2, 0.25) is 5.02 Å². The van der Waals surface area contributed by atoms with E-state index in [1.165, 1.54) is 4.31 Å². The highest BCUT2D eigenvalue weighted by Gasteiger charge is 2.25. The fourth-order valence-corrected chi connectivity index (χ4v) is 3.45. The number of rotatable bonds is 6. The Balaban J connectivity index is 3.18. The highest BCUT2D eigenvalue weighted by molar-refractivity contribution is 7.89. The topological polar surface area (TPSA) is 49.4 Å². The summed E-state index contributed by atoms with van der Waals surface area (Å²) in [5.41, 5.74) is 0.905. The van der Waals surface area contributed by atoms with Gasteiger partial charge in [0.25, 0.3) is 0 Å². The molecule has 0 atom stereocenters. The lowest BCUT2D eigenvalue weighted by atomic mass is 10.2. The Morgan fingerprint density at radius 2 is 2.00 bits per heavy atom. The largest absolute Gasteiger partial charge is 0.313 e. The molecule has 0 aliphatic heterocycles. The molecule has 19 heavy (non-hydrogen) atoms. The van der Waals surface area contributed by atoms with Crippen molar-refractivity contribution in [2.45, 2.75) is 38.3 Å². The van der Waals surface area contributed by atoms with Crippen molar-refractivity contribution in [2.75, 3.05) is 13.6 Å². The van der Waals surface area contributed by atoms with Crippen LogP contribution >= 0.6 is 11.6 Å². The molecule has 1 rings (SSSR count). The number of sulfonamides is 1. The maximum atomic E-state index is 12.4. The molecule has 4 nitrogen and oxygen atoms in total. The van der Waals surface area contributed by atoms with E-state index in [2.05, 4.69) is 5.32 Å². The fourth-order valence-electron chi connectivity index (χ4n) is 1.56. The first-order valence-electron chi connectivity index (χ1n) is 6.27. The molecule has 0 unspecified atom stereocenters. The summed E-state index contributed by atoms with van der Waals surface area (Å²) in [6.07, 6.45) is 0. The van der Waals surface area contributed by atoms with Gasteiger partial charge in [-0.25, -0.2) is 8.42 Å². The minimum absolute atomic E-state index is 0.113. The van der Waals surface area contributed by atoms with E-state index in [0.717, 1.165) is 12.1 Å². The molecule has 0 aliphatic rings. The van der Waals surface area contributed by atoms with Crippen LogP contribution in [0.4, 0.5) is 0 Å². The molecule has 0 bridgehead atoms. The third-order valence-corrected chi connectivity index (χ3v) is 5.47. The van der Waals surface area contributed by atoms with Crippen molar-refractivity contribution in [2.24, 2.45) is 0 Å². The SMILES string of the molecule is CCNCc1ccc(Cl)c(S(=O)(=O)N(C)C(C)C)c1. The molecule has 108 valence electrons. The first kappa shape index (κ1) is 16.4. The lowest BCUT2D eigenvalue weighted by Gasteiger charge is -2.22. The normalized spacial score (nSPS) is 12.4. The van der Waals surface area contributed by atoms with Crippen LogP contribution in [0, 0.1) is 0 Å². The molecule has 0 heterocycles. The van der Waals surface area contributed by atoms with E-state index in [-0.39, 0.29) is 16.0 Å². The van der Waals surface area contributed by atoms with Gasteiger partial charge >= 0.3 is 0 Å². The molecular formula is C13H21ClN2O2S. The van der Waals surface area contributed by atoms with Crippen LogP contribution < -0.4 is 5.32 Å². The van der Waals surface area contributed by atoms with E-state index in [0.29, 0.717) is 6.54 Å². The summed E-state index contributed by atoms with van der Waals surface area (Å²) >= 11 is 6.04. The van der Waals surface area contributed by atoms with Gasteiger partial charge in [-0.05, 0) is 38.1 Å². The van der Waals surface area contributed by atoms with Gasteiger partial charge in [0.1, 0.15) is 4.90 Å². The highest BCUT2D eigenvalue weighted by atomic mass is 35.5. The smallest absolute Gasteiger partial charge is 0.244 e. The minimum Gasteiger partial charge on any atom is -0.313 e. The minimum atomic E-state index is -3.54. The quantitative estimate of drug-likeness (QED) is 0.878. The van der Waals surface area contributed by atoms with Gasteiger partial charge in [0.2, 0.25) is 10.0 Å². The van der Waals surface area contributed by atoms with Gasteiger partial charge < -0.3 is 5.32 Å². The Morgan fingerprint density at radius 1 is 1.37 bits per heavy atom. The molecule has 0 saturated carbocycles. The van der Waals surface area contributed by atoms with Gasteiger partial charge in [-0.2, -0.15) is 4.31 Å². The Morgan fingerprint density at radius 3 is 2.53 bits per heavy atom. The van der Waals surface area contributed by atoms with Crippen molar-refractivity contribution >= 4 is 21.6 Å². The molecule has 1 N–H and O–H groups in total. The molecule has 0 aliphatic carbocycles. The monoisotopic (exact) mass is 304 g/mol. The van der Waals surface area contributed by atoms with E-state index < -0.39 is 10.0 Å². The molecule has 0 radical (unpaired) electrons. The average molecular weight is 305 g/mol. The zero-order valence-corrected chi connectivity index (χ0v) is 13.3. The van der Waals surface area contributed by atoms with Crippen molar-refractivity contribution < 1.29 is 8.42 Å². The Bertz CT molecular complexity index is 529. The van der Waals surface area contributed by atoms with Gasteiger partial charge in [-0.1, -0.05) is 24.6 Å². The van der Waals surface area contributed by atoms with Gasteiger partial charge in [0, 0.05) is 19.6 Å². The number of nitrogens with zero attached hydrogens (tertiary/aromatic N) is 1. The molecular weight excluding hydrogens is 284 g/mol. The summed E-state index contributed by atoms with van der Waals surface area (Å²) in [6, 6.07) is 4.99. The van der Waals surface area contributed by atoms with Crippen molar-refractivity contribution in [3.63, 3.8) is 0 Å². The van der Waals surface area contributed by atoms with E-state index in [9.17, 15) is 8.42 Å². The van der Waals surface area contributed by atoms with Crippen LogP contribution in [0.25, 0.3) is 0 Å². The number of halogens is 1. The van der Waals surface area contributed by atoms with Crippen molar-refractivity contribution in [3.05, 3.63) is 28.8 Å². The summed E-state index contributed by atoms with van der Waals surface area (Å²) in [7, 11) is -1.98. The fraction of sp³-hybridized carbons (Fsp3) is 0.538. The summed E-state index contributed by atoms with van der Waals surface area (Å²) in [4.78, 5) is 0.167. The molecule has 0 spiro atoms. The Hall–Kier alpha value is -0.620. The van der Waals surface area contributed by atoms with Gasteiger partial charge in [0.05, 0.1) is 5.02 Å². The average Bonchev–Trinajstić information content (AvgIpc) is 2.36. The number of nitrogens with one attached hydrogen (secondary N) is 1. The zero-order chi connectivity index (χ0) is 14.6. The lowest BCUT2D eigenvalue weighted by molar-refractivity contribution is 0.410. The predicted octanol–water partition coefficient (Wildman–Crippen LogP) is 2.48. The Kier molecular flexibility index (Phi) is 5.80. The predicted molar refractivity (Wildman–Crippen MR) is 78.9 cm³/mol. The van der Waals surface area contributed by atoms with E-state index >= 15 is 0 Å². The maximum absolute atomic E-state index is 12.4. The Labute approximate surface area is 120 Å². The summed E-state index contributed by atoms with van der Waals surface area (Å²) in [5.74, 6) is 0.